The standard InChI is InChI=1S/C24H24N2O7/c1-4-31-24(30)21-14-23(29)26(25-21)19-9-6-17(7-10-19)5-8-18-13-20(32-15(2)27)11-12-22(18)33-16(3)28/h6-7,9-14,25H,4-5,8H2,1-3H3. The van der Waals surface area contributed by atoms with Crippen molar-refractivity contribution in [1.82, 2.24) is 9.78 Å². The number of H-pyrrole nitrogens is 1. The minimum Gasteiger partial charge on any atom is -0.461 e. The first kappa shape index (κ1) is 23.5. The number of esters is 3. The number of rotatable bonds is 8. The normalized spacial score (nSPS) is 10.5. The molecular weight excluding hydrogens is 428 g/mol. The topological polar surface area (TPSA) is 117 Å². The number of benzene rings is 2. The van der Waals surface area contributed by atoms with Crippen LogP contribution < -0.4 is 15.0 Å². The lowest BCUT2D eigenvalue weighted by Crippen LogP contribution is -2.13. The van der Waals surface area contributed by atoms with E-state index in [-0.39, 0.29) is 17.9 Å². The van der Waals surface area contributed by atoms with Gasteiger partial charge in [-0.2, -0.15) is 0 Å². The van der Waals surface area contributed by atoms with Gasteiger partial charge in [-0.15, -0.1) is 0 Å². The van der Waals surface area contributed by atoms with Gasteiger partial charge in [0.25, 0.3) is 5.56 Å². The molecule has 2 aromatic carbocycles. The van der Waals surface area contributed by atoms with Crippen LogP contribution in [0.2, 0.25) is 0 Å². The molecule has 0 atom stereocenters. The minimum atomic E-state index is -0.593. The highest BCUT2D eigenvalue weighted by Gasteiger charge is 2.13. The summed E-state index contributed by atoms with van der Waals surface area (Å²) in [6, 6.07) is 13.2. The molecule has 9 heteroatoms. The zero-order valence-corrected chi connectivity index (χ0v) is 18.5. The second-order valence-corrected chi connectivity index (χ2v) is 7.19. The molecule has 0 fully saturated rings. The van der Waals surface area contributed by atoms with E-state index in [2.05, 4.69) is 5.10 Å². The Morgan fingerprint density at radius 3 is 2.24 bits per heavy atom. The first-order chi connectivity index (χ1) is 15.8. The Morgan fingerprint density at radius 2 is 1.61 bits per heavy atom. The SMILES string of the molecule is CCOC(=O)c1cc(=O)n(-c2ccc(CCc3cc(OC(C)=O)ccc3OC(C)=O)cc2)[nH]1. The van der Waals surface area contributed by atoms with E-state index < -0.39 is 17.9 Å². The summed E-state index contributed by atoms with van der Waals surface area (Å²) in [5.41, 5.74) is 1.95. The van der Waals surface area contributed by atoms with Crippen molar-refractivity contribution in [3.05, 3.63) is 75.7 Å². The van der Waals surface area contributed by atoms with Crippen molar-refractivity contribution < 1.29 is 28.6 Å². The van der Waals surface area contributed by atoms with E-state index >= 15 is 0 Å². The zero-order chi connectivity index (χ0) is 24.0. The molecule has 1 heterocycles. The summed E-state index contributed by atoms with van der Waals surface area (Å²) in [4.78, 5) is 46.7. The molecule has 1 aromatic heterocycles. The van der Waals surface area contributed by atoms with E-state index in [0.717, 1.165) is 5.56 Å². The number of nitrogens with zero attached hydrogens (tertiary/aromatic N) is 1. The van der Waals surface area contributed by atoms with E-state index in [4.69, 9.17) is 14.2 Å². The van der Waals surface area contributed by atoms with Gasteiger partial charge in [0.2, 0.25) is 0 Å². The maximum Gasteiger partial charge on any atom is 0.356 e. The van der Waals surface area contributed by atoms with Gasteiger partial charge in [0, 0.05) is 19.9 Å². The lowest BCUT2D eigenvalue weighted by Gasteiger charge is -2.11. The van der Waals surface area contributed by atoms with Crippen LogP contribution in [0.4, 0.5) is 0 Å². The molecule has 1 N–H and O–H groups in total. The van der Waals surface area contributed by atoms with Gasteiger partial charge in [0.15, 0.2) is 0 Å². The molecule has 33 heavy (non-hydrogen) atoms. The smallest absolute Gasteiger partial charge is 0.356 e. The van der Waals surface area contributed by atoms with Crippen LogP contribution in [0.25, 0.3) is 5.69 Å². The summed E-state index contributed by atoms with van der Waals surface area (Å²) >= 11 is 0. The first-order valence-corrected chi connectivity index (χ1v) is 10.3. The molecule has 0 unspecified atom stereocenters. The molecule has 0 aliphatic rings. The Kier molecular flexibility index (Phi) is 7.45. The largest absolute Gasteiger partial charge is 0.461 e. The molecule has 3 rings (SSSR count). The van der Waals surface area contributed by atoms with E-state index in [9.17, 15) is 19.2 Å². The molecular formula is C24H24N2O7. The van der Waals surface area contributed by atoms with Gasteiger partial charge in [-0.1, -0.05) is 12.1 Å². The van der Waals surface area contributed by atoms with Crippen LogP contribution in [0.3, 0.4) is 0 Å². The lowest BCUT2D eigenvalue weighted by atomic mass is 10.0. The van der Waals surface area contributed by atoms with Crippen LogP contribution in [0.5, 0.6) is 11.5 Å². The van der Waals surface area contributed by atoms with Crippen LogP contribution in [0.1, 0.15) is 42.4 Å². The van der Waals surface area contributed by atoms with Crippen LogP contribution >= 0.6 is 0 Å². The Morgan fingerprint density at radius 1 is 0.909 bits per heavy atom. The Hall–Kier alpha value is -4.14. The van der Waals surface area contributed by atoms with Gasteiger partial charge >= 0.3 is 17.9 Å². The summed E-state index contributed by atoms with van der Waals surface area (Å²) in [5.74, 6) is -0.710. The van der Waals surface area contributed by atoms with Crippen LogP contribution in [0.15, 0.2) is 53.3 Å². The van der Waals surface area contributed by atoms with Gasteiger partial charge in [0.05, 0.1) is 12.3 Å². The van der Waals surface area contributed by atoms with Gasteiger partial charge in [-0.3, -0.25) is 19.5 Å². The van der Waals surface area contributed by atoms with E-state index in [1.54, 1.807) is 37.3 Å². The first-order valence-electron chi connectivity index (χ1n) is 10.3. The quantitative estimate of drug-likeness (QED) is 0.412. The van der Waals surface area contributed by atoms with Crippen molar-refractivity contribution in [1.29, 1.82) is 0 Å². The molecule has 9 nitrogen and oxygen atoms in total. The number of ether oxygens (including phenoxy) is 3. The monoisotopic (exact) mass is 452 g/mol. The third-order valence-corrected chi connectivity index (χ3v) is 4.64. The van der Waals surface area contributed by atoms with Gasteiger partial charge < -0.3 is 14.2 Å². The van der Waals surface area contributed by atoms with E-state index in [1.807, 2.05) is 12.1 Å². The van der Waals surface area contributed by atoms with Gasteiger partial charge in [-0.05, 0) is 61.2 Å². The van der Waals surface area contributed by atoms with Crippen LogP contribution in [-0.4, -0.2) is 34.3 Å². The van der Waals surface area contributed by atoms with Crippen molar-refractivity contribution in [2.75, 3.05) is 6.61 Å². The molecule has 0 spiro atoms. The Balaban J connectivity index is 1.76. The zero-order valence-electron chi connectivity index (χ0n) is 18.5. The van der Waals surface area contributed by atoms with Gasteiger partial charge in [0.1, 0.15) is 17.2 Å². The van der Waals surface area contributed by atoms with Crippen molar-refractivity contribution in [3.8, 4) is 17.2 Å². The van der Waals surface area contributed by atoms with Crippen LogP contribution in [0, 0.1) is 0 Å². The molecule has 0 amide bonds. The van der Waals surface area contributed by atoms with Crippen molar-refractivity contribution >= 4 is 17.9 Å². The number of carbonyl (C=O) groups is 3. The molecule has 3 aromatic rings. The van der Waals surface area contributed by atoms with Crippen molar-refractivity contribution in [3.63, 3.8) is 0 Å². The minimum absolute atomic E-state index is 0.0802. The number of aromatic nitrogens is 2. The van der Waals surface area contributed by atoms with Crippen LogP contribution in [-0.2, 0) is 27.2 Å². The highest BCUT2D eigenvalue weighted by molar-refractivity contribution is 5.87. The molecule has 0 radical (unpaired) electrons. The Bertz CT molecular complexity index is 1220. The molecule has 0 saturated heterocycles. The molecule has 0 saturated carbocycles. The number of nitrogens with one attached hydrogen (secondary N) is 1. The highest BCUT2D eigenvalue weighted by Crippen LogP contribution is 2.26. The predicted molar refractivity (Wildman–Crippen MR) is 119 cm³/mol. The average molecular weight is 452 g/mol. The Labute approximate surface area is 189 Å². The average Bonchev–Trinajstić information content (AvgIpc) is 3.15. The second-order valence-electron chi connectivity index (χ2n) is 7.19. The highest BCUT2D eigenvalue weighted by atomic mass is 16.5. The van der Waals surface area contributed by atoms with Crippen molar-refractivity contribution in [2.24, 2.45) is 0 Å². The lowest BCUT2D eigenvalue weighted by molar-refractivity contribution is -0.133. The summed E-state index contributed by atoms with van der Waals surface area (Å²) in [5, 5.41) is 2.75. The number of carbonyl (C=O) groups excluding carboxylic acids is 3. The van der Waals surface area contributed by atoms with Crippen molar-refractivity contribution in [2.45, 2.75) is 33.6 Å². The fourth-order valence-corrected chi connectivity index (χ4v) is 3.23. The third kappa shape index (κ3) is 6.19. The fourth-order valence-electron chi connectivity index (χ4n) is 3.23. The molecule has 0 aliphatic heterocycles. The number of hydrogen-bond acceptors (Lipinski definition) is 7. The molecule has 0 bridgehead atoms. The number of aromatic amines is 1. The number of hydrogen-bond donors (Lipinski definition) is 1. The van der Waals surface area contributed by atoms with Gasteiger partial charge in [-0.25, -0.2) is 9.48 Å². The molecule has 0 aliphatic carbocycles. The van der Waals surface area contributed by atoms with E-state index in [1.165, 1.54) is 24.6 Å². The fraction of sp³-hybridized carbons (Fsp3) is 0.250. The predicted octanol–water partition coefficient (Wildman–Crippen LogP) is 2.98. The number of aryl methyl sites for hydroxylation is 2. The third-order valence-electron chi connectivity index (χ3n) is 4.64. The summed E-state index contributed by atoms with van der Waals surface area (Å²) in [6.07, 6.45) is 1.12. The molecule has 172 valence electrons. The maximum absolute atomic E-state index is 12.2. The maximum atomic E-state index is 12.2. The summed E-state index contributed by atoms with van der Waals surface area (Å²) in [6.45, 7) is 4.53. The summed E-state index contributed by atoms with van der Waals surface area (Å²) < 4.78 is 16.6. The summed E-state index contributed by atoms with van der Waals surface area (Å²) in [7, 11) is 0. The second kappa shape index (κ2) is 10.4. The van der Waals surface area contributed by atoms with E-state index in [0.29, 0.717) is 35.6 Å².